The zero-order chi connectivity index (χ0) is 20.7. The molecule has 30 heavy (non-hydrogen) atoms. The van der Waals surface area contributed by atoms with Crippen LogP contribution in [0.2, 0.25) is 0 Å². The Morgan fingerprint density at radius 2 is 1.67 bits per heavy atom. The Labute approximate surface area is 180 Å². The standard InChI is InChI=1S/C26H36N2O2/c1-18-4-6-22(7-5-18)25(30)28-10-2-3-23(17-28)24(29)27-9-8-26-14-19-11-20(15-26)13-21(12-19)16-26/h4-7,19-21,23H,2-3,8-17H2,1H3,(H,27,29). The molecular weight excluding hydrogens is 372 g/mol. The van der Waals surface area contributed by atoms with Crippen LogP contribution >= 0.6 is 0 Å². The van der Waals surface area contributed by atoms with Crippen molar-refractivity contribution in [2.45, 2.75) is 64.7 Å². The molecule has 0 spiro atoms. The van der Waals surface area contributed by atoms with Crippen LogP contribution in [0, 0.1) is 36.0 Å². The van der Waals surface area contributed by atoms with E-state index in [1.807, 2.05) is 36.1 Å². The molecule has 4 heteroatoms. The average molecular weight is 409 g/mol. The number of piperidine rings is 1. The molecule has 6 rings (SSSR count). The van der Waals surface area contributed by atoms with E-state index in [2.05, 4.69) is 5.32 Å². The fourth-order valence-corrected chi connectivity index (χ4v) is 7.45. The smallest absolute Gasteiger partial charge is 0.253 e. The number of nitrogens with one attached hydrogen (secondary N) is 1. The van der Waals surface area contributed by atoms with E-state index >= 15 is 0 Å². The highest BCUT2D eigenvalue weighted by Crippen LogP contribution is 2.61. The van der Waals surface area contributed by atoms with E-state index in [0.29, 0.717) is 12.0 Å². The fourth-order valence-electron chi connectivity index (χ4n) is 7.45. The first-order chi connectivity index (χ1) is 14.5. The quantitative estimate of drug-likeness (QED) is 0.776. The second-order valence-corrected chi connectivity index (χ2v) is 10.9. The predicted octanol–water partition coefficient (Wildman–Crippen LogP) is 4.57. The number of hydrogen-bond donors (Lipinski definition) is 1. The molecule has 1 unspecified atom stereocenters. The van der Waals surface area contributed by atoms with Gasteiger partial charge in [-0.25, -0.2) is 0 Å². The Balaban J connectivity index is 1.13. The van der Waals surface area contributed by atoms with Crippen molar-refractivity contribution >= 4 is 11.8 Å². The lowest BCUT2D eigenvalue weighted by Crippen LogP contribution is -2.48. The molecule has 4 aliphatic carbocycles. The molecule has 5 fully saturated rings. The molecule has 2 amide bonds. The average Bonchev–Trinajstić information content (AvgIpc) is 2.73. The normalized spacial score (nSPS) is 34.8. The van der Waals surface area contributed by atoms with Crippen LogP contribution in [0.1, 0.15) is 73.7 Å². The number of carbonyl (C=O) groups is 2. The van der Waals surface area contributed by atoms with E-state index in [1.54, 1.807) is 0 Å². The number of rotatable bonds is 5. The van der Waals surface area contributed by atoms with E-state index < -0.39 is 0 Å². The van der Waals surface area contributed by atoms with Gasteiger partial charge in [-0.05, 0) is 100 Å². The van der Waals surface area contributed by atoms with Gasteiger partial charge in [-0.15, -0.1) is 0 Å². The number of carbonyl (C=O) groups excluding carboxylic acids is 2. The maximum Gasteiger partial charge on any atom is 0.253 e. The van der Waals surface area contributed by atoms with Gasteiger partial charge in [0.1, 0.15) is 0 Å². The van der Waals surface area contributed by atoms with Crippen molar-refractivity contribution in [1.29, 1.82) is 0 Å². The summed E-state index contributed by atoms with van der Waals surface area (Å²) in [4.78, 5) is 27.6. The van der Waals surface area contributed by atoms with Crippen LogP contribution in [0.4, 0.5) is 0 Å². The molecule has 4 bridgehead atoms. The Morgan fingerprint density at radius 3 is 2.30 bits per heavy atom. The number of benzene rings is 1. The molecule has 1 aromatic carbocycles. The SMILES string of the molecule is Cc1ccc(C(=O)N2CCCC(C(=O)NCCC34CC5CC(CC(C5)C3)C4)C2)cc1. The first-order valence-electron chi connectivity index (χ1n) is 12.1. The second kappa shape index (κ2) is 8.01. The highest BCUT2D eigenvalue weighted by Gasteiger charge is 2.50. The molecule has 1 heterocycles. The maximum absolute atomic E-state index is 12.9. The monoisotopic (exact) mass is 408 g/mol. The lowest BCUT2D eigenvalue weighted by molar-refractivity contribution is -0.126. The lowest BCUT2D eigenvalue weighted by Gasteiger charge is -2.57. The third-order valence-corrected chi connectivity index (χ3v) is 8.50. The van der Waals surface area contributed by atoms with Crippen molar-refractivity contribution in [3.63, 3.8) is 0 Å². The molecule has 1 saturated heterocycles. The molecule has 1 atom stereocenters. The number of hydrogen-bond acceptors (Lipinski definition) is 2. The zero-order valence-electron chi connectivity index (χ0n) is 18.4. The zero-order valence-corrected chi connectivity index (χ0v) is 18.4. The highest BCUT2D eigenvalue weighted by molar-refractivity contribution is 5.94. The van der Waals surface area contributed by atoms with Crippen LogP contribution in [0.5, 0.6) is 0 Å². The largest absolute Gasteiger partial charge is 0.356 e. The van der Waals surface area contributed by atoms with Crippen molar-refractivity contribution < 1.29 is 9.59 Å². The van der Waals surface area contributed by atoms with Gasteiger partial charge in [0.25, 0.3) is 5.91 Å². The molecule has 4 saturated carbocycles. The summed E-state index contributed by atoms with van der Waals surface area (Å²) in [6.45, 7) is 4.14. The van der Waals surface area contributed by atoms with E-state index in [4.69, 9.17) is 0 Å². The van der Waals surface area contributed by atoms with Gasteiger partial charge in [-0.3, -0.25) is 9.59 Å². The van der Waals surface area contributed by atoms with E-state index in [-0.39, 0.29) is 17.7 Å². The molecule has 1 aliphatic heterocycles. The van der Waals surface area contributed by atoms with Gasteiger partial charge in [0.2, 0.25) is 5.91 Å². The summed E-state index contributed by atoms with van der Waals surface area (Å²) >= 11 is 0. The summed E-state index contributed by atoms with van der Waals surface area (Å²) in [7, 11) is 0. The number of amides is 2. The Bertz CT molecular complexity index is 764. The minimum atomic E-state index is -0.0653. The molecule has 0 radical (unpaired) electrons. The molecule has 4 nitrogen and oxygen atoms in total. The lowest BCUT2D eigenvalue weighted by atomic mass is 9.49. The number of likely N-dealkylation sites (tertiary alicyclic amines) is 1. The first kappa shape index (κ1) is 20.1. The Hall–Kier alpha value is -1.84. The summed E-state index contributed by atoms with van der Waals surface area (Å²) in [6.07, 6.45) is 11.6. The van der Waals surface area contributed by atoms with Gasteiger partial charge in [-0.1, -0.05) is 17.7 Å². The first-order valence-corrected chi connectivity index (χ1v) is 12.1. The molecule has 162 valence electrons. The van der Waals surface area contributed by atoms with Crippen molar-refractivity contribution in [2.75, 3.05) is 19.6 Å². The Morgan fingerprint density at radius 1 is 1.03 bits per heavy atom. The topological polar surface area (TPSA) is 49.4 Å². The highest BCUT2D eigenvalue weighted by atomic mass is 16.2. The van der Waals surface area contributed by atoms with Crippen molar-refractivity contribution in [3.05, 3.63) is 35.4 Å². The third kappa shape index (κ3) is 4.02. The van der Waals surface area contributed by atoms with Crippen LogP contribution < -0.4 is 5.32 Å². The minimum absolute atomic E-state index is 0.0565. The van der Waals surface area contributed by atoms with Crippen LogP contribution in [-0.4, -0.2) is 36.3 Å². The van der Waals surface area contributed by atoms with Crippen LogP contribution in [0.25, 0.3) is 0 Å². The molecular formula is C26H36N2O2. The van der Waals surface area contributed by atoms with Crippen molar-refractivity contribution in [1.82, 2.24) is 10.2 Å². The van der Waals surface area contributed by atoms with Crippen LogP contribution in [0.3, 0.4) is 0 Å². The van der Waals surface area contributed by atoms with Gasteiger partial charge < -0.3 is 10.2 Å². The fraction of sp³-hybridized carbons (Fsp3) is 0.692. The van der Waals surface area contributed by atoms with Gasteiger partial charge >= 0.3 is 0 Å². The molecule has 1 aromatic rings. The molecule has 5 aliphatic rings. The second-order valence-electron chi connectivity index (χ2n) is 10.9. The summed E-state index contributed by atoms with van der Waals surface area (Å²) in [5.41, 5.74) is 2.40. The summed E-state index contributed by atoms with van der Waals surface area (Å²) in [5, 5.41) is 3.26. The van der Waals surface area contributed by atoms with Crippen LogP contribution in [0.15, 0.2) is 24.3 Å². The van der Waals surface area contributed by atoms with Crippen LogP contribution in [-0.2, 0) is 4.79 Å². The van der Waals surface area contributed by atoms with E-state index in [9.17, 15) is 9.59 Å². The van der Waals surface area contributed by atoms with Gasteiger partial charge in [0.15, 0.2) is 0 Å². The molecule has 1 N–H and O–H groups in total. The maximum atomic E-state index is 12.9. The molecule has 0 aromatic heterocycles. The third-order valence-electron chi connectivity index (χ3n) is 8.50. The summed E-state index contributed by atoms with van der Waals surface area (Å²) in [6, 6.07) is 7.75. The van der Waals surface area contributed by atoms with Crippen molar-refractivity contribution in [2.24, 2.45) is 29.1 Å². The number of nitrogens with zero attached hydrogens (tertiary/aromatic N) is 1. The summed E-state index contributed by atoms with van der Waals surface area (Å²) in [5.74, 6) is 3.04. The van der Waals surface area contributed by atoms with Crippen molar-refractivity contribution in [3.8, 4) is 0 Å². The number of aryl methyl sites for hydroxylation is 1. The van der Waals surface area contributed by atoms with Gasteiger partial charge in [0, 0.05) is 25.2 Å². The van der Waals surface area contributed by atoms with E-state index in [0.717, 1.165) is 61.2 Å². The Kier molecular flexibility index (Phi) is 5.37. The van der Waals surface area contributed by atoms with Gasteiger partial charge in [0.05, 0.1) is 5.92 Å². The summed E-state index contributed by atoms with van der Waals surface area (Å²) < 4.78 is 0. The van der Waals surface area contributed by atoms with Gasteiger partial charge in [-0.2, -0.15) is 0 Å². The van der Waals surface area contributed by atoms with E-state index in [1.165, 1.54) is 38.5 Å². The predicted molar refractivity (Wildman–Crippen MR) is 118 cm³/mol. The minimum Gasteiger partial charge on any atom is -0.356 e.